The summed E-state index contributed by atoms with van der Waals surface area (Å²) in [6.07, 6.45) is 4.69. The Morgan fingerprint density at radius 2 is 1.58 bits per heavy atom. The van der Waals surface area contributed by atoms with Crippen molar-refractivity contribution in [3.63, 3.8) is 0 Å². The van der Waals surface area contributed by atoms with Crippen LogP contribution in [0.5, 0.6) is 0 Å². The van der Waals surface area contributed by atoms with Gasteiger partial charge >= 0.3 is 0 Å². The average molecular weight is 344 g/mol. The zero-order chi connectivity index (χ0) is 13.5. The van der Waals surface area contributed by atoms with E-state index < -0.39 is 10.0 Å². The van der Waals surface area contributed by atoms with Gasteiger partial charge in [-0.2, -0.15) is 4.31 Å². The van der Waals surface area contributed by atoms with Crippen LogP contribution in [0.4, 0.5) is 0 Å². The molecule has 104 valence electrons. The van der Waals surface area contributed by atoms with Crippen LogP contribution >= 0.6 is 15.9 Å². The zero-order valence-corrected chi connectivity index (χ0v) is 13.2. The molecule has 19 heavy (non-hydrogen) atoms. The highest BCUT2D eigenvalue weighted by Gasteiger charge is 2.36. The molecule has 0 N–H and O–H groups in total. The van der Waals surface area contributed by atoms with E-state index in [4.69, 9.17) is 0 Å². The third-order valence-electron chi connectivity index (χ3n) is 3.77. The third kappa shape index (κ3) is 3.20. The molecule has 2 saturated carbocycles. The topological polar surface area (TPSA) is 37.4 Å². The highest BCUT2D eigenvalue weighted by atomic mass is 79.9. The van der Waals surface area contributed by atoms with Crippen LogP contribution < -0.4 is 0 Å². The Hall–Kier alpha value is -0.390. The Morgan fingerprint density at radius 1 is 1.05 bits per heavy atom. The van der Waals surface area contributed by atoms with Crippen LogP contribution in [0, 0.1) is 11.8 Å². The first kappa shape index (κ1) is 13.6. The molecule has 5 heteroatoms. The van der Waals surface area contributed by atoms with Crippen molar-refractivity contribution in [3.05, 3.63) is 28.7 Å². The van der Waals surface area contributed by atoms with Crippen molar-refractivity contribution in [2.75, 3.05) is 13.1 Å². The van der Waals surface area contributed by atoms with Crippen molar-refractivity contribution in [1.29, 1.82) is 0 Å². The van der Waals surface area contributed by atoms with Crippen LogP contribution in [0.15, 0.2) is 33.6 Å². The van der Waals surface area contributed by atoms with Crippen molar-refractivity contribution in [2.45, 2.75) is 30.6 Å². The van der Waals surface area contributed by atoms with Gasteiger partial charge in [-0.05, 0) is 65.6 Å². The summed E-state index contributed by atoms with van der Waals surface area (Å²) in [5, 5.41) is 0. The van der Waals surface area contributed by atoms with Gasteiger partial charge in [-0.15, -0.1) is 0 Å². The lowest BCUT2D eigenvalue weighted by atomic mass is 10.4. The first-order valence-electron chi connectivity index (χ1n) is 6.82. The minimum Gasteiger partial charge on any atom is -0.207 e. The summed E-state index contributed by atoms with van der Waals surface area (Å²) in [4.78, 5) is 0.399. The Labute approximate surface area is 123 Å². The first-order chi connectivity index (χ1) is 9.07. The molecule has 3 rings (SSSR count). The van der Waals surface area contributed by atoms with Crippen molar-refractivity contribution in [2.24, 2.45) is 11.8 Å². The molecule has 3 nitrogen and oxygen atoms in total. The van der Waals surface area contributed by atoms with Crippen LogP contribution in [0.3, 0.4) is 0 Å². The lowest BCUT2D eigenvalue weighted by Gasteiger charge is -2.22. The molecule has 0 radical (unpaired) electrons. The molecule has 2 aliphatic rings. The molecule has 0 saturated heterocycles. The molecule has 0 unspecified atom stereocenters. The Bertz CT molecular complexity index is 551. The minimum atomic E-state index is -3.36. The quantitative estimate of drug-likeness (QED) is 0.794. The summed E-state index contributed by atoms with van der Waals surface area (Å²) in [5.74, 6) is 1.16. The van der Waals surface area contributed by atoms with E-state index in [9.17, 15) is 8.42 Å². The fraction of sp³-hybridized carbons (Fsp3) is 0.571. The molecule has 0 heterocycles. The molecule has 0 spiro atoms. The van der Waals surface area contributed by atoms with E-state index in [-0.39, 0.29) is 0 Å². The fourth-order valence-corrected chi connectivity index (χ4v) is 4.80. The summed E-state index contributed by atoms with van der Waals surface area (Å²) >= 11 is 3.36. The Morgan fingerprint density at radius 3 is 2.05 bits per heavy atom. The van der Waals surface area contributed by atoms with Gasteiger partial charge < -0.3 is 0 Å². The number of nitrogens with zero attached hydrogens (tertiary/aromatic N) is 1. The smallest absolute Gasteiger partial charge is 0.207 e. The fourth-order valence-electron chi connectivity index (χ4n) is 2.24. The highest BCUT2D eigenvalue weighted by Crippen LogP contribution is 2.36. The molecule has 0 atom stereocenters. The largest absolute Gasteiger partial charge is 0.244 e. The maximum Gasteiger partial charge on any atom is 0.244 e. The lowest BCUT2D eigenvalue weighted by Crippen LogP contribution is -2.35. The van der Waals surface area contributed by atoms with Gasteiger partial charge in [0.1, 0.15) is 0 Å². The number of benzene rings is 1. The van der Waals surface area contributed by atoms with Crippen molar-refractivity contribution in [3.8, 4) is 0 Å². The van der Waals surface area contributed by atoms with Gasteiger partial charge in [0.25, 0.3) is 0 Å². The summed E-state index contributed by atoms with van der Waals surface area (Å²) in [7, 11) is -3.36. The SMILES string of the molecule is O=S(=O)(c1ccccc1Br)N(CC1CC1)CC1CC1. The molecule has 1 aromatic rings. The molecule has 2 aliphatic carbocycles. The van der Waals surface area contributed by atoms with E-state index in [0.29, 0.717) is 34.3 Å². The second-order valence-corrected chi connectivity index (χ2v) is 8.40. The van der Waals surface area contributed by atoms with Gasteiger partial charge in [0, 0.05) is 17.6 Å². The number of sulfonamides is 1. The van der Waals surface area contributed by atoms with Crippen molar-refractivity contribution < 1.29 is 8.42 Å². The average Bonchev–Trinajstić information content (AvgIpc) is 3.23. The second-order valence-electron chi connectivity index (χ2n) is 5.64. The summed E-state index contributed by atoms with van der Waals surface area (Å²) in [6, 6.07) is 7.10. The van der Waals surface area contributed by atoms with E-state index in [1.54, 1.807) is 22.5 Å². The maximum atomic E-state index is 12.8. The van der Waals surface area contributed by atoms with E-state index >= 15 is 0 Å². The van der Waals surface area contributed by atoms with Crippen LogP contribution in [0.25, 0.3) is 0 Å². The highest BCUT2D eigenvalue weighted by molar-refractivity contribution is 9.10. The number of hydrogen-bond acceptors (Lipinski definition) is 2. The van der Waals surface area contributed by atoms with E-state index in [1.807, 2.05) is 6.07 Å². The molecular weight excluding hydrogens is 326 g/mol. The van der Waals surface area contributed by atoms with Crippen LogP contribution in [0.2, 0.25) is 0 Å². The second kappa shape index (κ2) is 5.19. The Kier molecular flexibility index (Phi) is 3.71. The van der Waals surface area contributed by atoms with Crippen molar-refractivity contribution >= 4 is 26.0 Å². The van der Waals surface area contributed by atoms with Crippen LogP contribution in [0.1, 0.15) is 25.7 Å². The van der Waals surface area contributed by atoms with Crippen LogP contribution in [-0.4, -0.2) is 25.8 Å². The van der Waals surface area contributed by atoms with Crippen molar-refractivity contribution in [1.82, 2.24) is 4.31 Å². The van der Waals surface area contributed by atoms with Crippen LogP contribution in [-0.2, 0) is 10.0 Å². The number of halogens is 1. The number of rotatable bonds is 6. The Balaban J connectivity index is 1.87. The van der Waals surface area contributed by atoms with E-state index in [2.05, 4.69) is 15.9 Å². The van der Waals surface area contributed by atoms with Gasteiger partial charge in [-0.1, -0.05) is 12.1 Å². The van der Waals surface area contributed by atoms with Gasteiger partial charge in [0.2, 0.25) is 10.0 Å². The zero-order valence-electron chi connectivity index (χ0n) is 10.8. The minimum absolute atomic E-state index is 0.399. The molecular formula is C14H18BrNO2S. The van der Waals surface area contributed by atoms with Gasteiger partial charge in [0.05, 0.1) is 4.90 Å². The normalized spacial score (nSPS) is 19.9. The first-order valence-corrected chi connectivity index (χ1v) is 9.05. The predicted octanol–water partition coefficient (Wildman–Crippen LogP) is 3.26. The van der Waals surface area contributed by atoms with E-state index in [0.717, 1.165) is 0 Å². The lowest BCUT2D eigenvalue weighted by molar-refractivity contribution is 0.382. The van der Waals surface area contributed by atoms with Gasteiger partial charge in [0.15, 0.2) is 0 Å². The molecule has 1 aromatic carbocycles. The summed E-state index contributed by atoms with van der Waals surface area (Å²) in [6.45, 7) is 1.39. The number of hydrogen-bond donors (Lipinski definition) is 0. The molecule has 0 aliphatic heterocycles. The molecule has 0 amide bonds. The maximum absolute atomic E-state index is 12.8. The van der Waals surface area contributed by atoms with Gasteiger partial charge in [-0.25, -0.2) is 8.42 Å². The molecule has 0 aromatic heterocycles. The standard InChI is InChI=1S/C14H18BrNO2S/c15-13-3-1-2-4-14(13)19(17,18)16(9-11-5-6-11)10-12-7-8-12/h1-4,11-12H,5-10H2. The monoisotopic (exact) mass is 343 g/mol. The molecule has 2 fully saturated rings. The van der Waals surface area contributed by atoms with E-state index in [1.165, 1.54) is 25.7 Å². The summed E-state index contributed by atoms with van der Waals surface area (Å²) < 4.78 is 27.9. The molecule has 0 bridgehead atoms. The summed E-state index contributed by atoms with van der Waals surface area (Å²) in [5.41, 5.74) is 0. The third-order valence-corrected chi connectivity index (χ3v) is 6.62. The van der Waals surface area contributed by atoms with Gasteiger partial charge in [-0.3, -0.25) is 0 Å². The predicted molar refractivity (Wildman–Crippen MR) is 78.3 cm³/mol.